The van der Waals surface area contributed by atoms with E-state index < -0.39 is 11.8 Å². The van der Waals surface area contributed by atoms with Crippen molar-refractivity contribution in [2.75, 3.05) is 38.1 Å². The predicted octanol–water partition coefficient (Wildman–Crippen LogP) is 2.38. The van der Waals surface area contributed by atoms with E-state index in [9.17, 15) is 9.59 Å². The van der Waals surface area contributed by atoms with Crippen LogP contribution in [0.25, 0.3) is 0 Å². The van der Waals surface area contributed by atoms with Crippen LogP contribution in [0, 0.1) is 0 Å². The fraction of sp³-hybridized carbons (Fsp3) is 0.652. The maximum absolute atomic E-state index is 12.4. The summed E-state index contributed by atoms with van der Waals surface area (Å²) in [7, 11) is 2.15. The molecule has 2 amide bonds. The molecule has 29 heavy (non-hydrogen) atoms. The summed E-state index contributed by atoms with van der Waals surface area (Å²) in [6.07, 6.45) is 8.92. The molecular formula is C23H34N4O2. The van der Waals surface area contributed by atoms with Crippen LogP contribution in [0.15, 0.2) is 18.2 Å². The summed E-state index contributed by atoms with van der Waals surface area (Å²) in [6.45, 7) is 3.68. The SMILES string of the molecule is CN1CCCc2cc([C@@H](CNC(=O)C(=O)NC3CCCC3)N3CCCC3)ccc21. The van der Waals surface area contributed by atoms with Gasteiger partial charge in [0.05, 0.1) is 6.04 Å². The van der Waals surface area contributed by atoms with Crippen molar-refractivity contribution in [3.63, 3.8) is 0 Å². The lowest BCUT2D eigenvalue weighted by Crippen LogP contribution is -2.46. The van der Waals surface area contributed by atoms with Crippen molar-refractivity contribution < 1.29 is 9.59 Å². The van der Waals surface area contributed by atoms with E-state index in [1.165, 1.54) is 36.1 Å². The number of anilines is 1. The maximum atomic E-state index is 12.4. The van der Waals surface area contributed by atoms with Gasteiger partial charge in [0.1, 0.15) is 0 Å². The van der Waals surface area contributed by atoms with Gasteiger partial charge in [0, 0.05) is 31.9 Å². The number of carbonyl (C=O) groups is 2. The molecule has 4 rings (SSSR count). The Hall–Kier alpha value is -2.08. The van der Waals surface area contributed by atoms with Crippen LogP contribution in [-0.2, 0) is 16.0 Å². The third-order valence-electron chi connectivity index (χ3n) is 6.77. The number of amides is 2. The number of nitrogens with one attached hydrogen (secondary N) is 2. The molecule has 158 valence electrons. The summed E-state index contributed by atoms with van der Waals surface area (Å²) >= 11 is 0. The first kappa shape index (κ1) is 20.2. The number of nitrogens with zero attached hydrogens (tertiary/aromatic N) is 2. The van der Waals surface area contributed by atoms with Crippen LogP contribution >= 0.6 is 0 Å². The van der Waals surface area contributed by atoms with Gasteiger partial charge in [-0.2, -0.15) is 0 Å². The molecule has 6 heteroatoms. The van der Waals surface area contributed by atoms with Crippen molar-refractivity contribution in [1.82, 2.24) is 15.5 Å². The van der Waals surface area contributed by atoms with Crippen LogP contribution in [0.1, 0.15) is 62.1 Å². The van der Waals surface area contributed by atoms with Gasteiger partial charge in [-0.3, -0.25) is 14.5 Å². The highest BCUT2D eigenvalue weighted by Crippen LogP contribution is 2.31. The molecule has 3 aliphatic rings. The molecule has 2 N–H and O–H groups in total. The summed E-state index contributed by atoms with van der Waals surface area (Å²) in [5.74, 6) is -0.983. The van der Waals surface area contributed by atoms with E-state index in [1.807, 2.05) is 0 Å². The zero-order valence-corrected chi connectivity index (χ0v) is 17.6. The van der Waals surface area contributed by atoms with Crippen molar-refractivity contribution in [2.45, 2.75) is 63.5 Å². The number of benzene rings is 1. The van der Waals surface area contributed by atoms with E-state index in [0.717, 1.165) is 51.7 Å². The third-order valence-corrected chi connectivity index (χ3v) is 6.77. The summed E-state index contributed by atoms with van der Waals surface area (Å²) in [6, 6.07) is 7.03. The van der Waals surface area contributed by atoms with Gasteiger partial charge in [0.15, 0.2) is 0 Å². The average molecular weight is 399 g/mol. The summed E-state index contributed by atoms with van der Waals surface area (Å²) in [4.78, 5) is 29.4. The van der Waals surface area contributed by atoms with Crippen LogP contribution in [0.2, 0.25) is 0 Å². The second-order valence-corrected chi connectivity index (χ2v) is 8.84. The predicted molar refractivity (Wildman–Crippen MR) is 115 cm³/mol. The highest BCUT2D eigenvalue weighted by Gasteiger charge is 2.27. The van der Waals surface area contributed by atoms with E-state index in [2.05, 4.69) is 45.7 Å². The number of hydrogen-bond donors (Lipinski definition) is 2. The number of rotatable bonds is 5. The topological polar surface area (TPSA) is 64.7 Å². The number of hydrogen-bond acceptors (Lipinski definition) is 4. The third kappa shape index (κ3) is 4.74. The fourth-order valence-corrected chi connectivity index (χ4v) is 5.11. The van der Waals surface area contributed by atoms with Crippen molar-refractivity contribution >= 4 is 17.5 Å². The van der Waals surface area contributed by atoms with Gasteiger partial charge in [-0.25, -0.2) is 0 Å². The average Bonchev–Trinajstić information content (AvgIpc) is 3.42. The minimum absolute atomic E-state index is 0.123. The highest BCUT2D eigenvalue weighted by molar-refractivity contribution is 6.35. The van der Waals surface area contributed by atoms with Crippen LogP contribution < -0.4 is 15.5 Å². The molecule has 2 aliphatic heterocycles. The second-order valence-electron chi connectivity index (χ2n) is 8.84. The molecule has 0 unspecified atom stereocenters. The molecule has 1 aliphatic carbocycles. The van der Waals surface area contributed by atoms with Crippen molar-refractivity contribution in [2.24, 2.45) is 0 Å². The van der Waals surface area contributed by atoms with Gasteiger partial charge in [-0.05, 0) is 68.8 Å². The Bertz CT molecular complexity index is 738. The van der Waals surface area contributed by atoms with E-state index in [1.54, 1.807) is 0 Å². The first-order valence-corrected chi connectivity index (χ1v) is 11.3. The largest absolute Gasteiger partial charge is 0.374 e. The van der Waals surface area contributed by atoms with Crippen LogP contribution in [0.5, 0.6) is 0 Å². The minimum atomic E-state index is -0.501. The highest BCUT2D eigenvalue weighted by atomic mass is 16.2. The van der Waals surface area contributed by atoms with E-state index in [-0.39, 0.29) is 12.1 Å². The summed E-state index contributed by atoms with van der Waals surface area (Å²) < 4.78 is 0. The van der Waals surface area contributed by atoms with Crippen molar-refractivity contribution in [1.29, 1.82) is 0 Å². The lowest BCUT2D eigenvalue weighted by atomic mass is 9.96. The normalized spacial score (nSPS) is 21.1. The quantitative estimate of drug-likeness (QED) is 0.748. The molecule has 1 aromatic carbocycles. The lowest BCUT2D eigenvalue weighted by molar-refractivity contribution is -0.139. The van der Waals surface area contributed by atoms with Gasteiger partial charge >= 0.3 is 11.8 Å². The molecule has 1 aromatic rings. The van der Waals surface area contributed by atoms with Crippen LogP contribution in [-0.4, -0.2) is 56.0 Å². The molecule has 2 fully saturated rings. The summed E-state index contributed by atoms with van der Waals surface area (Å²) in [5.41, 5.74) is 3.96. The molecule has 1 atom stereocenters. The van der Waals surface area contributed by atoms with E-state index in [4.69, 9.17) is 0 Å². The number of aryl methyl sites for hydroxylation is 1. The molecule has 6 nitrogen and oxygen atoms in total. The smallest absolute Gasteiger partial charge is 0.309 e. The van der Waals surface area contributed by atoms with Crippen molar-refractivity contribution in [3.8, 4) is 0 Å². The molecule has 1 saturated carbocycles. The molecule has 0 aromatic heterocycles. The van der Waals surface area contributed by atoms with E-state index in [0.29, 0.717) is 6.54 Å². The molecule has 2 heterocycles. The Morgan fingerprint density at radius 2 is 1.79 bits per heavy atom. The first-order valence-electron chi connectivity index (χ1n) is 11.3. The molecule has 0 bridgehead atoms. The van der Waals surface area contributed by atoms with Gasteiger partial charge in [-0.1, -0.05) is 25.0 Å². The lowest BCUT2D eigenvalue weighted by Gasteiger charge is -2.31. The molecular weight excluding hydrogens is 364 g/mol. The van der Waals surface area contributed by atoms with Crippen molar-refractivity contribution in [3.05, 3.63) is 29.3 Å². The standard InChI is InChI=1S/C23H34N4O2/c1-26-12-6-7-17-15-18(10-11-20(17)26)21(27-13-4-5-14-27)16-24-22(28)23(29)25-19-8-2-3-9-19/h10-11,15,19,21H,2-9,12-14,16H2,1H3,(H,24,28)(H,25,29)/t21-/m1/s1. The van der Waals surface area contributed by atoms with Gasteiger partial charge in [-0.15, -0.1) is 0 Å². The van der Waals surface area contributed by atoms with E-state index >= 15 is 0 Å². The van der Waals surface area contributed by atoms with Crippen LogP contribution in [0.4, 0.5) is 5.69 Å². The zero-order chi connectivity index (χ0) is 20.2. The molecule has 0 radical (unpaired) electrons. The fourth-order valence-electron chi connectivity index (χ4n) is 5.11. The number of carbonyl (C=O) groups excluding carboxylic acids is 2. The van der Waals surface area contributed by atoms with Gasteiger partial charge in [0.25, 0.3) is 0 Å². The van der Waals surface area contributed by atoms with Crippen LogP contribution in [0.3, 0.4) is 0 Å². The Morgan fingerprint density at radius 1 is 1.03 bits per heavy atom. The Balaban J connectivity index is 1.43. The first-order chi connectivity index (χ1) is 14.1. The number of fused-ring (bicyclic) bond motifs is 1. The summed E-state index contributed by atoms with van der Waals surface area (Å²) in [5, 5.41) is 5.80. The monoisotopic (exact) mass is 398 g/mol. The maximum Gasteiger partial charge on any atom is 0.309 e. The zero-order valence-electron chi connectivity index (χ0n) is 17.6. The van der Waals surface area contributed by atoms with Gasteiger partial charge in [0.2, 0.25) is 0 Å². The Labute approximate surface area is 174 Å². The molecule has 0 spiro atoms. The van der Waals surface area contributed by atoms with Gasteiger partial charge < -0.3 is 15.5 Å². The number of likely N-dealkylation sites (tertiary alicyclic amines) is 1. The minimum Gasteiger partial charge on any atom is -0.374 e. The molecule has 1 saturated heterocycles. The second kappa shape index (κ2) is 9.16. The Morgan fingerprint density at radius 3 is 2.55 bits per heavy atom. The Kier molecular flexibility index (Phi) is 6.38.